The van der Waals surface area contributed by atoms with Crippen LogP contribution in [0.4, 0.5) is 5.69 Å². The van der Waals surface area contributed by atoms with E-state index in [1.54, 1.807) is 24.3 Å². The van der Waals surface area contributed by atoms with Crippen LogP contribution in [-0.4, -0.2) is 34.7 Å². The van der Waals surface area contributed by atoms with E-state index in [1.807, 2.05) is 38.1 Å². The number of benzene rings is 2. The topological polar surface area (TPSA) is 58.6 Å². The Morgan fingerprint density at radius 2 is 1.60 bits per heavy atom. The van der Waals surface area contributed by atoms with E-state index < -0.39 is 10.0 Å². The third kappa shape index (κ3) is 4.39. The average Bonchev–Trinajstić information content (AvgIpc) is 2.62. The molecule has 2 aromatic rings. The fraction of sp³-hybridized carbons (Fsp3) is 0.368. The molecule has 1 fully saturated rings. The molecule has 1 aliphatic heterocycles. The van der Waals surface area contributed by atoms with Crippen molar-refractivity contribution in [2.75, 3.05) is 31.2 Å². The lowest BCUT2D eigenvalue weighted by molar-refractivity contribution is 0.122. The Bertz CT molecular complexity index is 796. The number of sulfonamides is 1. The first-order chi connectivity index (χ1) is 12.0. The Balaban J connectivity index is 1.70. The molecule has 1 atom stereocenters. The smallest absolute Gasteiger partial charge is 0.241 e. The summed E-state index contributed by atoms with van der Waals surface area (Å²) < 4.78 is 33.1. The molecule has 1 saturated heterocycles. The summed E-state index contributed by atoms with van der Waals surface area (Å²) in [7, 11) is -3.53. The highest BCUT2D eigenvalue weighted by molar-refractivity contribution is 7.89. The summed E-state index contributed by atoms with van der Waals surface area (Å²) in [5, 5.41) is 0. The fourth-order valence-electron chi connectivity index (χ4n) is 2.88. The SMILES string of the molecule is Cc1ccc(S(=O)(=O)NC(C)c2ccc(N3CCOCC3)cc2)cc1. The van der Waals surface area contributed by atoms with Crippen LogP contribution in [0, 0.1) is 6.92 Å². The summed E-state index contributed by atoms with van der Waals surface area (Å²) in [6, 6.07) is 14.6. The van der Waals surface area contributed by atoms with Gasteiger partial charge in [-0.1, -0.05) is 29.8 Å². The first-order valence-corrected chi connectivity index (χ1v) is 9.96. The van der Waals surface area contributed by atoms with Gasteiger partial charge in [-0.2, -0.15) is 0 Å². The molecular formula is C19H24N2O3S. The molecule has 0 radical (unpaired) electrons. The van der Waals surface area contributed by atoms with E-state index in [0.29, 0.717) is 0 Å². The normalized spacial score (nSPS) is 16.6. The highest BCUT2D eigenvalue weighted by atomic mass is 32.2. The van der Waals surface area contributed by atoms with Crippen molar-refractivity contribution in [3.8, 4) is 0 Å². The predicted octanol–water partition coefficient (Wildman–Crippen LogP) is 2.87. The van der Waals surface area contributed by atoms with Crippen LogP contribution in [0.25, 0.3) is 0 Å². The van der Waals surface area contributed by atoms with E-state index in [9.17, 15) is 8.42 Å². The van der Waals surface area contributed by atoms with Crippen molar-refractivity contribution < 1.29 is 13.2 Å². The standard InChI is InChI=1S/C19H24N2O3S/c1-15-3-9-19(10-4-15)25(22,23)20-16(2)17-5-7-18(8-6-17)21-11-13-24-14-12-21/h3-10,16,20H,11-14H2,1-2H3. The molecule has 1 unspecified atom stereocenters. The lowest BCUT2D eigenvalue weighted by Gasteiger charge is -2.29. The van der Waals surface area contributed by atoms with Gasteiger partial charge in [-0.3, -0.25) is 0 Å². The van der Waals surface area contributed by atoms with Crippen molar-refractivity contribution in [1.29, 1.82) is 0 Å². The number of nitrogens with zero attached hydrogens (tertiary/aromatic N) is 1. The zero-order valence-electron chi connectivity index (χ0n) is 14.6. The number of rotatable bonds is 5. The Labute approximate surface area is 149 Å². The first-order valence-electron chi connectivity index (χ1n) is 8.47. The number of ether oxygens (including phenoxy) is 1. The lowest BCUT2D eigenvalue weighted by Crippen LogP contribution is -2.36. The van der Waals surface area contributed by atoms with Gasteiger partial charge in [0.2, 0.25) is 10.0 Å². The fourth-order valence-corrected chi connectivity index (χ4v) is 4.11. The Morgan fingerprint density at radius 3 is 2.20 bits per heavy atom. The molecule has 0 spiro atoms. The van der Waals surface area contributed by atoms with Crippen LogP contribution in [0.1, 0.15) is 24.1 Å². The van der Waals surface area contributed by atoms with Gasteiger partial charge in [-0.25, -0.2) is 13.1 Å². The molecule has 6 heteroatoms. The zero-order valence-corrected chi connectivity index (χ0v) is 15.4. The molecule has 0 aliphatic carbocycles. The number of morpholine rings is 1. The highest BCUT2D eigenvalue weighted by Gasteiger charge is 2.18. The predicted molar refractivity (Wildman–Crippen MR) is 99.4 cm³/mol. The average molecular weight is 360 g/mol. The van der Waals surface area contributed by atoms with E-state index in [1.165, 1.54) is 0 Å². The number of aryl methyl sites for hydroxylation is 1. The van der Waals surface area contributed by atoms with Crippen molar-refractivity contribution in [2.45, 2.75) is 24.8 Å². The van der Waals surface area contributed by atoms with Crippen molar-refractivity contribution in [3.05, 3.63) is 59.7 Å². The van der Waals surface area contributed by atoms with Gasteiger partial charge >= 0.3 is 0 Å². The van der Waals surface area contributed by atoms with Gasteiger partial charge in [0.25, 0.3) is 0 Å². The maximum Gasteiger partial charge on any atom is 0.241 e. The Hall–Kier alpha value is -1.89. The summed E-state index contributed by atoms with van der Waals surface area (Å²) in [6.45, 7) is 7.05. The number of hydrogen-bond acceptors (Lipinski definition) is 4. The van der Waals surface area contributed by atoms with E-state index in [4.69, 9.17) is 4.74 Å². The van der Waals surface area contributed by atoms with Crippen LogP contribution in [0.5, 0.6) is 0 Å². The molecule has 3 rings (SSSR count). The largest absolute Gasteiger partial charge is 0.378 e. The molecule has 5 nitrogen and oxygen atoms in total. The van der Waals surface area contributed by atoms with Gasteiger partial charge in [0, 0.05) is 24.8 Å². The minimum atomic E-state index is -3.53. The van der Waals surface area contributed by atoms with Crippen molar-refractivity contribution >= 4 is 15.7 Å². The summed E-state index contributed by atoms with van der Waals surface area (Å²) >= 11 is 0. The second kappa shape index (κ2) is 7.56. The van der Waals surface area contributed by atoms with E-state index in [2.05, 4.69) is 9.62 Å². The Kier molecular flexibility index (Phi) is 5.42. The van der Waals surface area contributed by atoms with E-state index >= 15 is 0 Å². The van der Waals surface area contributed by atoms with Crippen LogP contribution in [0.15, 0.2) is 53.4 Å². The second-order valence-corrected chi connectivity index (χ2v) is 8.06. The first kappa shape index (κ1) is 17.9. The van der Waals surface area contributed by atoms with Gasteiger partial charge in [0.05, 0.1) is 18.1 Å². The van der Waals surface area contributed by atoms with Crippen molar-refractivity contribution in [3.63, 3.8) is 0 Å². The molecule has 1 N–H and O–H groups in total. The van der Waals surface area contributed by atoms with Crippen molar-refractivity contribution in [1.82, 2.24) is 4.72 Å². The second-order valence-electron chi connectivity index (χ2n) is 6.35. The van der Waals surface area contributed by atoms with Crippen LogP contribution in [-0.2, 0) is 14.8 Å². The Morgan fingerprint density at radius 1 is 1.00 bits per heavy atom. The summed E-state index contributed by atoms with van der Waals surface area (Å²) in [4.78, 5) is 2.56. The maximum absolute atomic E-state index is 12.5. The van der Waals surface area contributed by atoms with E-state index in [-0.39, 0.29) is 10.9 Å². The molecule has 0 amide bonds. The molecule has 0 saturated carbocycles. The maximum atomic E-state index is 12.5. The van der Waals surface area contributed by atoms with Gasteiger partial charge in [-0.05, 0) is 43.7 Å². The van der Waals surface area contributed by atoms with Gasteiger partial charge in [0.1, 0.15) is 0 Å². The quantitative estimate of drug-likeness (QED) is 0.891. The summed E-state index contributed by atoms with van der Waals surface area (Å²) in [5.74, 6) is 0. The molecule has 134 valence electrons. The number of nitrogens with one attached hydrogen (secondary N) is 1. The van der Waals surface area contributed by atoms with Crippen LogP contribution in [0.3, 0.4) is 0 Å². The number of anilines is 1. The third-order valence-electron chi connectivity index (χ3n) is 4.43. The van der Waals surface area contributed by atoms with E-state index in [0.717, 1.165) is 43.1 Å². The third-order valence-corrected chi connectivity index (χ3v) is 5.99. The minimum absolute atomic E-state index is 0.287. The highest BCUT2D eigenvalue weighted by Crippen LogP contribution is 2.22. The molecular weight excluding hydrogens is 336 g/mol. The lowest BCUT2D eigenvalue weighted by atomic mass is 10.1. The summed E-state index contributed by atoms with van der Waals surface area (Å²) in [6.07, 6.45) is 0. The number of hydrogen-bond donors (Lipinski definition) is 1. The molecule has 1 aliphatic rings. The van der Waals surface area contributed by atoms with Crippen molar-refractivity contribution in [2.24, 2.45) is 0 Å². The van der Waals surface area contributed by atoms with Crippen LogP contribution in [0.2, 0.25) is 0 Å². The molecule has 0 bridgehead atoms. The minimum Gasteiger partial charge on any atom is -0.378 e. The van der Waals surface area contributed by atoms with Gasteiger partial charge < -0.3 is 9.64 Å². The van der Waals surface area contributed by atoms with Crippen LogP contribution < -0.4 is 9.62 Å². The molecule has 25 heavy (non-hydrogen) atoms. The molecule has 1 heterocycles. The van der Waals surface area contributed by atoms with Gasteiger partial charge in [-0.15, -0.1) is 0 Å². The monoisotopic (exact) mass is 360 g/mol. The van der Waals surface area contributed by atoms with Gasteiger partial charge in [0.15, 0.2) is 0 Å². The summed E-state index contributed by atoms with van der Waals surface area (Å²) in [5.41, 5.74) is 3.11. The molecule has 0 aromatic heterocycles. The molecule has 2 aromatic carbocycles. The zero-order chi connectivity index (χ0) is 17.9. The van der Waals surface area contributed by atoms with Crippen LogP contribution >= 0.6 is 0 Å².